The summed E-state index contributed by atoms with van der Waals surface area (Å²) in [7, 11) is 0. The standard InChI is InChI=1S/C13H17NO4/c1-13(2,3)18-12(15)9-17-11-6-4-5-10(7-11)8-14-16/h4-8,16H,9H2,1-3H3/b14-8+. The van der Waals surface area contributed by atoms with E-state index >= 15 is 0 Å². The van der Waals surface area contributed by atoms with Crippen molar-refractivity contribution in [1.82, 2.24) is 0 Å². The molecule has 0 saturated carbocycles. The van der Waals surface area contributed by atoms with Gasteiger partial charge in [0.15, 0.2) is 6.61 Å². The summed E-state index contributed by atoms with van der Waals surface area (Å²) in [5.41, 5.74) is 0.158. The quantitative estimate of drug-likeness (QED) is 0.385. The zero-order valence-corrected chi connectivity index (χ0v) is 10.7. The average molecular weight is 251 g/mol. The Balaban J connectivity index is 2.53. The van der Waals surface area contributed by atoms with Gasteiger partial charge < -0.3 is 14.7 Å². The molecule has 0 aromatic heterocycles. The van der Waals surface area contributed by atoms with E-state index in [0.717, 1.165) is 0 Å². The van der Waals surface area contributed by atoms with Gasteiger partial charge in [-0.2, -0.15) is 0 Å². The molecule has 0 spiro atoms. The van der Waals surface area contributed by atoms with Gasteiger partial charge in [0.25, 0.3) is 0 Å². The van der Waals surface area contributed by atoms with E-state index in [1.54, 1.807) is 45.0 Å². The Hall–Kier alpha value is -2.04. The highest BCUT2D eigenvalue weighted by atomic mass is 16.6. The molecule has 1 aromatic rings. The molecule has 0 aliphatic rings. The molecule has 1 aromatic carbocycles. The number of carbonyl (C=O) groups is 1. The predicted octanol–water partition coefficient (Wildman–Crippen LogP) is 2.22. The lowest BCUT2D eigenvalue weighted by atomic mass is 10.2. The molecule has 0 aliphatic heterocycles. The zero-order chi connectivity index (χ0) is 13.6. The van der Waals surface area contributed by atoms with Gasteiger partial charge in [0.2, 0.25) is 0 Å². The monoisotopic (exact) mass is 251 g/mol. The van der Waals surface area contributed by atoms with Crippen molar-refractivity contribution in [2.45, 2.75) is 26.4 Å². The predicted molar refractivity (Wildman–Crippen MR) is 67.2 cm³/mol. The van der Waals surface area contributed by atoms with Crippen LogP contribution in [0.4, 0.5) is 0 Å². The molecule has 0 heterocycles. The van der Waals surface area contributed by atoms with Crippen LogP contribution in [0, 0.1) is 0 Å². The number of hydrogen-bond donors (Lipinski definition) is 1. The van der Waals surface area contributed by atoms with Crippen LogP contribution in [0.1, 0.15) is 26.3 Å². The summed E-state index contributed by atoms with van der Waals surface area (Å²) in [5, 5.41) is 11.3. The van der Waals surface area contributed by atoms with Crippen LogP contribution < -0.4 is 4.74 Å². The summed E-state index contributed by atoms with van der Waals surface area (Å²) < 4.78 is 10.4. The molecule has 5 heteroatoms. The maximum atomic E-state index is 11.4. The first-order valence-corrected chi connectivity index (χ1v) is 5.53. The minimum absolute atomic E-state index is 0.156. The fourth-order valence-corrected chi connectivity index (χ4v) is 1.26. The number of rotatable bonds is 4. The van der Waals surface area contributed by atoms with Crippen LogP contribution in [0.5, 0.6) is 5.75 Å². The van der Waals surface area contributed by atoms with Crippen LogP contribution in [0.15, 0.2) is 29.4 Å². The molecule has 0 aliphatic carbocycles. The van der Waals surface area contributed by atoms with E-state index < -0.39 is 11.6 Å². The lowest BCUT2D eigenvalue weighted by Crippen LogP contribution is -2.27. The van der Waals surface area contributed by atoms with Gasteiger partial charge in [0.05, 0.1) is 6.21 Å². The van der Waals surface area contributed by atoms with Gasteiger partial charge >= 0.3 is 5.97 Å². The van der Waals surface area contributed by atoms with E-state index in [4.69, 9.17) is 14.7 Å². The third-order valence-corrected chi connectivity index (χ3v) is 1.84. The van der Waals surface area contributed by atoms with E-state index in [0.29, 0.717) is 11.3 Å². The van der Waals surface area contributed by atoms with Gasteiger partial charge in [0.1, 0.15) is 11.4 Å². The van der Waals surface area contributed by atoms with E-state index in [1.165, 1.54) is 6.21 Å². The molecule has 0 atom stereocenters. The SMILES string of the molecule is CC(C)(C)OC(=O)COc1cccc(/C=N/O)c1. The number of hydrogen-bond acceptors (Lipinski definition) is 5. The van der Waals surface area contributed by atoms with Gasteiger partial charge in [-0.25, -0.2) is 4.79 Å². The van der Waals surface area contributed by atoms with E-state index in [9.17, 15) is 4.79 Å². The van der Waals surface area contributed by atoms with Crippen molar-refractivity contribution in [3.8, 4) is 5.75 Å². The lowest BCUT2D eigenvalue weighted by molar-refractivity contribution is -0.157. The highest BCUT2D eigenvalue weighted by Crippen LogP contribution is 2.13. The van der Waals surface area contributed by atoms with Gasteiger partial charge in [0, 0.05) is 0 Å². The molecule has 1 rings (SSSR count). The van der Waals surface area contributed by atoms with E-state index in [-0.39, 0.29) is 6.61 Å². The fourth-order valence-electron chi connectivity index (χ4n) is 1.26. The van der Waals surface area contributed by atoms with Crippen LogP contribution in [-0.4, -0.2) is 29.6 Å². The molecule has 18 heavy (non-hydrogen) atoms. The minimum Gasteiger partial charge on any atom is -0.482 e. The number of nitrogens with zero attached hydrogens (tertiary/aromatic N) is 1. The topological polar surface area (TPSA) is 68.1 Å². The molecule has 0 saturated heterocycles. The van der Waals surface area contributed by atoms with Gasteiger partial charge in [-0.05, 0) is 38.5 Å². The molecular weight excluding hydrogens is 234 g/mol. The molecule has 1 N–H and O–H groups in total. The van der Waals surface area contributed by atoms with Crippen LogP contribution in [0.2, 0.25) is 0 Å². The van der Waals surface area contributed by atoms with Crippen LogP contribution >= 0.6 is 0 Å². The first kappa shape index (κ1) is 14.0. The largest absolute Gasteiger partial charge is 0.482 e. The molecule has 0 bridgehead atoms. The number of carbonyl (C=O) groups excluding carboxylic acids is 1. The Labute approximate surface area is 106 Å². The highest BCUT2D eigenvalue weighted by molar-refractivity contribution is 5.79. The first-order chi connectivity index (χ1) is 8.40. The Morgan fingerprint density at radius 2 is 2.17 bits per heavy atom. The summed E-state index contributed by atoms with van der Waals surface area (Å²) in [4.78, 5) is 11.4. The minimum atomic E-state index is -0.522. The van der Waals surface area contributed by atoms with Crippen LogP contribution in [0.3, 0.4) is 0 Å². The number of benzene rings is 1. The Morgan fingerprint density at radius 1 is 1.44 bits per heavy atom. The first-order valence-electron chi connectivity index (χ1n) is 5.53. The Kier molecular flexibility index (Phi) is 4.71. The average Bonchev–Trinajstić information content (AvgIpc) is 2.25. The fraction of sp³-hybridized carbons (Fsp3) is 0.385. The van der Waals surface area contributed by atoms with Gasteiger partial charge in [-0.15, -0.1) is 0 Å². The molecule has 5 nitrogen and oxygen atoms in total. The summed E-state index contributed by atoms with van der Waals surface area (Å²) in [6, 6.07) is 6.85. The molecule has 98 valence electrons. The summed E-state index contributed by atoms with van der Waals surface area (Å²) >= 11 is 0. The summed E-state index contributed by atoms with van der Waals surface area (Å²) in [6.45, 7) is 5.23. The molecule has 0 amide bonds. The Bertz CT molecular complexity index is 435. The van der Waals surface area contributed by atoms with Crippen LogP contribution in [-0.2, 0) is 9.53 Å². The molecular formula is C13H17NO4. The molecule has 0 radical (unpaired) electrons. The third kappa shape index (κ3) is 5.34. The number of esters is 1. The van der Waals surface area contributed by atoms with Crippen molar-refractivity contribution >= 4 is 12.2 Å². The van der Waals surface area contributed by atoms with Crippen LogP contribution in [0.25, 0.3) is 0 Å². The normalized spacial score (nSPS) is 11.5. The van der Waals surface area contributed by atoms with Crippen molar-refractivity contribution in [2.24, 2.45) is 5.16 Å². The smallest absolute Gasteiger partial charge is 0.344 e. The van der Waals surface area contributed by atoms with E-state index in [1.807, 2.05) is 0 Å². The second kappa shape index (κ2) is 6.05. The summed E-state index contributed by atoms with van der Waals surface area (Å²) in [5.74, 6) is 0.0852. The van der Waals surface area contributed by atoms with E-state index in [2.05, 4.69) is 5.16 Å². The van der Waals surface area contributed by atoms with Crippen molar-refractivity contribution in [2.75, 3.05) is 6.61 Å². The van der Waals surface area contributed by atoms with Crippen molar-refractivity contribution < 1.29 is 19.5 Å². The Morgan fingerprint density at radius 3 is 2.78 bits per heavy atom. The highest BCUT2D eigenvalue weighted by Gasteiger charge is 2.16. The second-order valence-corrected chi connectivity index (χ2v) is 4.69. The van der Waals surface area contributed by atoms with Crippen molar-refractivity contribution in [3.63, 3.8) is 0 Å². The number of ether oxygens (including phenoxy) is 2. The third-order valence-electron chi connectivity index (χ3n) is 1.84. The lowest BCUT2D eigenvalue weighted by Gasteiger charge is -2.19. The maximum Gasteiger partial charge on any atom is 0.344 e. The van der Waals surface area contributed by atoms with Gasteiger partial charge in [-0.1, -0.05) is 17.3 Å². The summed E-state index contributed by atoms with van der Waals surface area (Å²) in [6.07, 6.45) is 1.28. The maximum absolute atomic E-state index is 11.4. The van der Waals surface area contributed by atoms with Crippen molar-refractivity contribution in [3.05, 3.63) is 29.8 Å². The zero-order valence-electron chi connectivity index (χ0n) is 10.7. The molecule has 0 unspecified atom stereocenters. The van der Waals surface area contributed by atoms with Gasteiger partial charge in [-0.3, -0.25) is 0 Å². The van der Waals surface area contributed by atoms with Crippen molar-refractivity contribution in [1.29, 1.82) is 0 Å². The second-order valence-electron chi connectivity index (χ2n) is 4.69. The molecule has 0 fully saturated rings. The number of oxime groups is 1.